The van der Waals surface area contributed by atoms with Crippen molar-refractivity contribution in [2.75, 3.05) is 13.7 Å². The first-order chi connectivity index (χ1) is 17.9. The molecule has 1 aliphatic heterocycles. The Kier molecular flexibility index (Phi) is 8.35. The first kappa shape index (κ1) is 26.1. The first-order valence-corrected chi connectivity index (χ1v) is 12.4. The molecule has 0 radical (unpaired) electrons. The summed E-state index contributed by atoms with van der Waals surface area (Å²) in [5.41, 5.74) is 4.53. The molecule has 0 spiro atoms. The van der Waals surface area contributed by atoms with Crippen LogP contribution >= 0.6 is 15.9 Å². The molecule has 2 aromatic heterocycles. The van der Waals surface area contributed by atoms with Gasteiger partial charge in [-0.1, -0.05) is 30.3 Å². The van der Waals surface area contributed by atoms with E-state index >= 15 is 0 Å². The van der Waals surface area contributed by atoms with E-state index in [0.29, 0.717) is 28.2 Å². The van der Waals surface area contributed by atoms with Gasteiger partial charge in [0.15, 0.2) is 0 Å². The van der Waals surface area contributed by atoms with E-state index in [1.54, 1.807) is 44.7 Å². The summed E-state index contributed by atoms with van der Waals surface area (Å²) in [4.78, 5) is 34.5. The highest BCUT2D eigenvalue weighted by molar-refractivity contribution is 9.10. The number of imidazole rings is 1. The van der Waals surface area contributed by atoms with Crippen LogP contribution in [-0.2, 0) is 25.6 Å². The van der Waals surface area contributed by atoms with E-state index in [2.05, 4.69) is 31.2 Å². The number of carbonyl (C=O) groups is 2. The zero-order chi connectivity index (χ0) is 26.4. The Morgan fingerprint density at radius 3 is 2.43 bits per heavy atom. The van der Waals surface area contributed by atoms with E-state index in [-0.39, 0.29) is 6.61 Å². The summed E-state index contributed by atoms with van der Waals surface area (Å²) in [5.74, 6) is -1.79. The number of hydrogen-bond acceptors (Lipinski definition) is 7. The molecule has 1 N–H and O–H groups in total. The Balaban J connectivity index is 1.47. The summed E-state index contributed by atoms with van der Waals surface area (Å²) in [7, 11) is 1.31. The minimum Gasteiger partial charge on any atom is -0.466 e. The number of nitrogens with zero attached hydrogens (tertiary/aromatic N) is 3. The molecule has 3 aromatic rings. The van der Waals surface area contributed by atoms with Gasteiger partial charge in [-0.25, -0.2) is 14.6 Å². The van der Waals surface area contributed by atoms with Gasteiger partial charge in [0.05, 0.1) is 36.2 Å². The maximum atomic E-state index is 13.3. The van der Waals surface area contributed by atoms with Crippen molar-refractivity contribution >= 4 is 33.9 Å². The number of allylic oxidation sites excluding steroid dienone is 2. The molecule has 9 heteroatoms. The summed E-state index contributed by atoms with van der Waals surface area (Å²) in [6, 6.07) is 11.7. The average Bonchev–Trinajstić information content (AvgIpc) is 3.40. The van der Waals surface area contributed by atoms with Crippen LogP contribution in [0.2, 0.25) is 0 Å². The highest BCUT2D eigenvalue weighted by atomic mass is 79.9. The second-order valence-electron chi connectivity index (χ2n) is 8.51. The first-order valence-electron chi connectivity index (χ1n) is 11.6. The third-order valence-electron chi connectivity index (χ3n) is 5.96. The van der Waals surface area contributed by atoms with Crippen LogP contribution in [-0.4, -0.2) is 40.2 Å². The Labute approximate surface area is 223 Å². The quantitative estimate of drug-likeness (QED) is 0.395. The molecule has 0 bridgehead atoms. The van der Waals surface area contributed by atoms with Gasteiger partial charge in [0.25, 0.3) is 0 Å². The molecule has 1 aromatic carbocycles. The van der Waals surface area contributed by atoms with Gasteiger partial charge in [0.1, 0.15) is 6.61 Å². The van der Waals surface area contributed by atoms with Crippen molar-refractivity contribution in [2.45, 2.75) is 26.3 Å². The van der Waals surface area contributed by atoms with Crippen LogP contribution in [0.15, 0.2) is 94.4 Å². The monoisotopic (exact) mass is 562 g/mol. The number of aromatic nitrogens is 3. The topological polar surface area (TPSA) is 95.3 Å². The van der Waals surface area contributed by atoms with E-state index < -0.39 is 17.9 Å². The molecule has 1 unspecified atom stereocenters. The van der Waals surface area contributed by atoms with Gasteiger partial charge >= 0.3 is 11.9 Å². The Hall–Kier alpha value is -3.98. The minimum absolute atomic E-state index is 0.0726. The second-order valence-corrected chi connectivity index (χ2v) is 9.42. The lowest BCUT2D eigenvalue weighted by Gasteiger charge is -2.29. The largest absolute Gasteiger partial charge is 0.466 e. The molecule has 0 saturated carbocycles. The normalized spacial score (nSPS) is 15.6. The van der Waals surface area contributed by atoms with Crippen LogP contribution in [0.4, 0.5) is 0 Å². The number of rotatable bonds is 8. The van der Waals surface area contributed by atoms with Crippen molar-refractivity contribution in [3.8, 4) is 0 Å². The Bertz CT molecular complexity index is 1360. The van der Waals surface area contributed by atoms with Crippen LogP contribution in [0, 0.1) is 0 Å². The number of pyridine rings is 1. The number of dihydropyridines is 1. The van der Waals surface area contributed by atoms with Gasteiger partial charge in [0.2, 0.25) is 0 Å². The molecule has 4 rings (SSSR count). The Morgan fingerprint density at radius 2 is 1.81 bits per heavy atom. The van der Waals surface area contributed by atoms with Crippen LogP contribution < -0.4 is 5.32 Å². The molecule has 1 atom stereocenters. The van der Waals surface area contributed by atoms with Gasteiger partial charge in [-0.05, 0) is 59.1 Å². The Morgan fingerprint density at radius 1 is 1.08 bits per heavy atom. The summed E-state index contributed by atoms with van der Waals surface area (Å²) in [6.45, 7) is 4.37. The van der Waals surface area contributed by atoms with E-state index in [4.69, 9.17) is 9.47 Å². The summed E-state index contributed by atoms with van der Waals surface area (Å²) < 4.78 is 13.4. The maximum Gasteiger partial charge on any atom is 0.337 e. The molecule has 0 amide bonds. The second kappa shape index (κ2) is 11.8. The fourth-order valence-corrected chi connectivity index (χ4v) is 4.44. The van der Waals surface area contributed by atoms with Gasteiger partial charge in [-0.3, -0.25) is 4.98 Å². The molecule has 8 nitrogen and oxygen atoms in total. The molecular weight excluding hydrogens is 536 g/mol. The van der Waals surface area contributed by atoms with Crippen molar-refractivity contribution in [1.82, 2.24) is 19.9 Å². The summed E-state index contributed by atoms with van der Waals surface area (Å²) in [5, 5.41) is 3.12. The van der Waals surface area contributed by atoms with Crippen LogP contribution in [0.5, 0.6) is 0 Å². The smallest absolute Gasteiger partial charge is 0.337 e. The lowest BCUT2D eigenvalue weighted by molar-refractivity contribution is -0.138. The van der Waals surface area contributed by atoms with Gasteiger partial charge < -0.3 is 19.4 Å². The third kappa shape index (κ3) is 6.24. The third-order valence-corrected chi connectivity index (χ3v) is 6.43. The van der Waals surface area contributed by atoms with Crippen LogP contribution in [0.1, 0.15) is 36.6 Å². The number of carbonyl (C=O) groups excluding carboxylic acids is 2. The van der Waals surface area contributed by atoms with E-state index in [1.807, 2.05) is 47.2 Å². The van der Waals surface area contributed by atoms with Crippen molar-refractivity contribution in [3.63, 3.8) is 0 Å². The van der Waals surface area contributed by atoms with Crippen LogP contribution in [0.3, 0.4) is 0 Å². The number of nitrogens with one attached hydrogen (secondary N) is 1. The minimum atomic E-state index is -0.721. The van der Waals surface area contributed by atoms with Crippen molar-refractivity contribution in [1.29, 1.82) is 0 Å². The molecular formula is C28H27BrN4O4. The highest BCUT2D eigenvalue weighted by Crippen LogP contribution is 2.38. The fraction of sp³-hybridized carbons (Fsp3) is 0.214. The van der Waals surface area contributed by atoms with E-state index in [1.165, 1.54) is 7.11 Å². The lowest BCUT2D eigenvalue weighted by atomic mass is 9.83. The van der Waals surface area contributed by atoms with E-state index in [9.17, 15) is 9.59 Å². The average molecular weight is 563 g/mol. The van der Waals surface area contributed by atoms with Gasteiger partial charge in [-0.15, -0.1) is 0 Å². The zero-order valence-corrected chi connectivity index (χ0v) is 22.4. The maximum absolute atomic E-state index is 13.3. The van der Waals surface area contributed by atoms with Crippen molar-refractivity contribution in [3.05, 3.63) is 111 Å². The van der Waals surface area contributed by atoms with E-state index in [0.717, 1.165) is 22.1 Å². The molecule has 3 heterocycles. The molecule has 1 aliphatic rings. The lowest BCUT2D eigenvalue weighted by Crippen LogP contribution is -2.32. The molecule has 0 saturated heterocycles. The number of esters is 2. The highest BCUT2D eigenvalue weighted by Gasteiger charge is 2.38. The number of halogens is 1. The zero-order valence-electron chi connectivity index (χ0n) is 20.8. The standard InChI is InChI=1S/C28H27BrN4O4/c1-18-24(27(34)36-3)26(23-11-10-22(29)15-31-23)25(19(2)32-18)28(35)37-14-4-5-20-6-8-21(9-7-20)16-33-13-12-30-17-33/h4-13,15,17,26,32H,14,16H2,1-3H3. The van der Waals surface area contributed by atoms with Crippen LogP contribution in [0.25, 0.3) is 6.08 Å². The summed E-state index contributed by atoms with van der Waals surface area (Å²) in [6.07, 6.45) is 10.8. The van der Waals surface area contributed by atoms with Crippen molar-refractivity contribution in [2.24, 2.45) is 0 Å². The van der Waals surface area contributed by atoms with Crippen molar-refractivity contribution < 1.29 is 19.1 Å². The number of benzene rings is 1. The number of methoxy groups -OCH3 is 1. The predicted molar refractivity (Wildman–Crippen MR) is 143 cm³/mol. The number of ether oxygens (including phenoxy) is 2. The van der Waals surface area contributed by atoms with Gasteiger partial charge in [0, 0.05) is 41.0 Å². The predicted octanol–water partition coefficient (Wildman–Crippen LogP) is 4.75. The molecule has 0 aliphatic carbocycles. The summed E-state index contributed by atoms with van der Waals surface area (Å²) >= 11 is 3.38. The molecule has 0 fully saturated rings. The fourth-order valence-electron chi connectivity index (χ4n) is 4.21. The molecule has 190 valence electrons. The van der Waals surface area contributed by atoms with Gasteiger partial charge in [-0.2, -0.15) is 0 Å². The SMILES string of the molecule is COC(=O)C1=C(C)NC(C)=C(C(=O)OCC=Cc2ccc(Cn3ccnc3)cc2)C1c1ccc(Br)cn1. The number of hydrogen-bond donors (Lipinski definition) is 1. The molecule has 37 heavy (non-hydrogen) atoms.